The Balaban J connectivity index is 1.79. The van der Waals surface area contributed by atoms with E-state index in [4.69, 9.17) is 4.74 Å². The van der Waals surface area contributed by atoms with Gasteiger partial charge in [0.1, 0.15) is 5.03 Å². The first-order valence-corrected chi connectivity index (χ1v) is 8.96. The van der Waals surface area contributed by atoms with Crippen molar-refractivity contribution in [2.45, 2.75) is 9.92 Å². The maximum absolute atomic E-state index is 12.6. The van der Waals surface area contributed by atoms with Crippen LogP contribution in [-0.4, -0.2) is 23.0 Å². The molecular weight excluding hydrogens is 402 g/mol. The molecule has 3 aromatic rings. The molecule has 0 saturated carbocycles. The normalized spacial score (nSPS) is 10.3. The third kappa shape index (κ3) is 4.58. The lowest BCUT2D eigenvalue weighted by atomic mass is 10.2. The molecule has 0 unspecified atom stereocenters. The van der Waals surface area contributed by atoms with E-state index in [0.29, 0.717) is 22.2 Å². The standard InChI is InChI=1S/C18H14BrN3O2S/c1-24-16-9-6-13(11-21-16)22-17(23)15-3-2-10-20-18(15)25-14-7-4-12(19)5-8-14/h2-11H,1H3,(H,22,23). The Morgan fingerprint density at radius 2 is 1.92 bits per heavy atom. The van der Waals surface area contributed by atoms with Crippen molar-refractivity contribution >= 4 is 39.3 Å². The van der Waals surface area contributed by atoms with E-state index in [9.17, 15) is 4.79 Å². The first-order chi connectivity index (χ1) is 12.2. The lowest BCUT2D eigenvalue weighted by Crippen LogP contribution is -2.13. The third-order valence-electron chi connectivity index (χ3n) is 3.25. The van der Waals surface area contributed by atoms with Gasteiger partial charge in [-0.15, -0.1) is 0 Å². The van der Waals surface area contributed by atoms with Crippen molar-refractivity contribution in [3.05, 3.63) is 71.0 Å². The van der Waals surface area contributed by atoms with Gasteiger partial charge in [0, 0.05) is 21.6 Å². The number of anilines is 1. The highest BCUT2D eigenvalue weighted by Crippen LogP contribution is 2.30. The fraction of sp³-hybridized carbons (Fsp3) is 0.0556. The van der Waals surface area contributed by atoms with Gasteiger partial charge in [-0.3, -0.25) is 4.79 Å². The van der Waals surface area contributed by atoms with Crippen LogP contribution in [0.2, 0.25) is 0 Å². The van der Waals surface area contributed by atoms with Crippen LogP contribution in [-0.2, 0) is 0 Å². The Labute approximate surface area is 158 Å². The topological polar surface area (TPSA) is 64.1 Å². The van der Waals surface area contributed by atoms with Gasteiger partial charge in [0.05, 0.1) is 24.6 Å². The molecule has 126 valence electrons. The molecule has 0 aliphatic carbocycles. The first-order valence-electron chi connectivity index (χ1n) is 7.35. The van der Waals surface area contributed by atoms with Gasteiger partial charge in [-0.1, -0.05) is 27.7 Å². The third-order valence-corrected chi connectivity index (χ3v) is 4.80. The summed E-state index contributed by atoms with van der Waals surface area (Å²) in [4.78, 5) is 22.0. The minimum Gasteiger partial charge on any atom is -0.481 e. The summed E-state index contributed by atoms with van der Waals surface area (Å²) in [5.74, 6) is 0.255. The highest BCUT2D eigenvalue weighted by Gasteiger charge is 2.14. The zero-order valence-electron chi connectivity index (χ0n) is 13.3. The van der Waals surface area contributed by atoms with Gasteiger partial charge >= 0.3 is 0 Å². The zero-order chi connectivity index (χ0) is 17.6. The van der Waals surface area contributed by atoms with Gasteiger partial charge in [0.15, 0.2) is 0 Å². The van der Waals surface area contributed by atoms with E-state index < -0.39 is 0 Å². The molecule has 0 saturated heterocycles. The predicted octanol–water partition coefficient (Wildman–Crippen LogP) is 4.65. The van der Waals surface area contributed by atoms with Crippen LogP contribution in [0.5, 0.6) is 5.88 Å². The molecule has 0 radical (unpaired) electrons. The van der Waals surface area contributed by atoms with Gasteiger partial charge in [-0.2, -0.15) is 0 Å². The summed E-state index contributed by atoms with van der Waals surface area (Å²) < 4.78 is 6.01. The van der Waals surface area contributed by atoms with E-state index in [0.717, 1.165) is 9.37 Å². The summed E-state index contributed by atoms with van der Waals surface area (Å²) in [5, 5.41) is 3.47. The Bertz CT molecular complexity index is 870. The van der Waals surface area contributed by atoms with Crippen molar-refractivity contribution in [2.75, 3.05) is 12.4 Å². The van der Waals surface area contributed by atoms with Gasteiger partial charge in [0.25, 0.3) is 5.91 Å². The number of nitrogens with one attached hydrogen (secondary N) is 1. The van der Waals surface area contributed by atoms with Gasteiger partial charge in [-0.25, -0.2) is 9.97 Å². The molecule has 2 aromatic heterocycles. The van der Waals surface area contributed by atoms with Crippen molar-refractivity contribution in [1.29, 1.82) is 0 Å². The second-order valence-electron chi connectivity index (χ2n) is 4.96. The van der Waals surface area contributed by atoms with Crippen LogP contribution in [0.15, 0.2) is 75.3 Å². The smallest absolute Gasteiger partial charge is 0.258 e. The molecule has 25 heavy (non-hydrogen) atoms. The number of rotatable bonds is 5. The SMILES string of the molecule is COc1ccc(NC(=O)c2cccnc2Sc2ccc(Br)cc2)cn1. The summed E-state index contributed by atoms with van der Waals surface area (Å²) >= 11 is 4.85. The number of benzene rings is 1. The Morgan fingerprint density at radius 1 is 1.12 bits per heavy atom. The number of hydrogen-bond donors (Lipinski definition) is 1. The fourth-order valence-corrected chi connectivity index (χ4v) is 3.18. The highest BCUT2D eigenvalue weighted by molar-refractivity contribution is 9.10. The average Bonchev–Trinajstić information content (AvgIpc) is 2.64. The van der Waals surface area contributed by atoms with E-state index >= 15 is 0 Å². The lowest BCUT2D eigenvalue weighted by molar-refractivity contribution is 0.102. The van der Waals surface area contributed by atoms with Crippen LogP contribution >= 0.6 is 27.7 Å². The summed E-state index contributed by atoms with van der Waals surface area (Å²) in [5.41, 5.74) is 1.10. The largest absolute Gasteiger partial charge is 0.481 e. The van der Waals surface area contributed by atoms with Crippen LogP contribution in [0.25, 0.3) is 0 Å². The minimum absolute atomic E-state index is 0.236. The summed E-state index contributed by atoms with van der Waals surface area (Å²) in [6.45, 7) is 0. The van der Waals surface area contributed by atoms with Gasteiger partial charge in [0.2, 0.25) is 5.88 Å². The number of hydrogen-bond acceptors (Lipinski definition) is 5. The minimum atomic E-state index is -0.236. The number of carbonyl (C=O) groups is 1. The molecule has 0 bridgehead atoms. The van der Waals surface area contributed by atoms with Crippen molar-refractivity contribution in [1.82, 2.24) is 9.97 Å². The second-order valence-corrected chi connectivity index (χ2v) is 6.93. The molecule has 0 spiro atoms. The van der Waals surface area contributed by atoms with Crippen molar-refractivity contribution in [3.8, 4) is 5.88 Å². The summed E-state index contributed by atoms with van der Waals surface area (Å²) in [7, 11) is 1.54. The van der Waals surface area contributed by atoms with E-state index in [-0.39, 0.29) is 5.91 Å². The lowest BCUT2D eigenvalue weighted by Gasteiger charge is -2.09. The van der Waals surface area contributed by atoms with Crippen LogP contribution in [0.4, 0.5) is 5.69 Å². The quantitative estimate of drug-likeness (QED) is 0.656. The number of halogens is 1. The fourth-order valence-electron chi connectivity index (χ4n) is 2.03. The molecule has 0 fully saturated rings. The number of nitrogens with zero attached hydrogens (tertiary/aromatic N) is 2. The molecule has 1 aromatic carbocycles. The molecular formula is C18H14BrN3O2S. The highest BCUT2D eigenvalue weighted by atomic mass is 79.9. The number of methoxy groups -OCH3 is 1. The van der Waals surface area contributed by atoms with E-state index in [1.54, 1.807) is 43.8 Å². The molecule has 0 aliphatic heterocycles. The predicted molar refractivity (Wildman–Crippen MR) is 101 cm³/mol. The van der Waals surface area contributed by atoms with Crippen LogP contribution in [0.1, 0.15) is 10.4 Å². The molecule has 1 amide bonds. The van der Waals surface area contributed by atoms with Crippen molar-refractivity contribution in [2.24, 2.45) is 0 Å². The number of pyridine rings is 2. The van der Waals surface area contributed by atoms with E-state index in [1.807, 2.05) is 24.3 Å². The molecule has 5 nitrogen and oxygen atoms in total. The molecule has 7 heteroatoms. The maximum Gasteiger partial charge on any atom is 0.258 e. The molecule has 0 atom stereocenters. The molecule has 2 heterocycles. The van der Waals surface area contributed by atoms with Gasteiger partial charge in [-0.05, 0) is 42.5 Å². The maximum atomic E-state index is 12.6. The molecule has 3 rings (SSSR count). The van der Waals surface area contributed by atoms with E-state index in [1.165, 1.54) is 11.8 Å². The van der Waals surface area contributed by atoms with Crippen molar-refractivity contribution < 1.29 is 9.53 Å². The average molecular weight is 416 g/mol. The van der Waals surface area contributed by atoms with Gasteiger partial charge < -0.3 is 10.1 Å². The van der Waals surface area contributed by atoms with E-state index in [2.05, 4.69) is 31.2 Å². The first kappa shape index (κ1) is 17.4. The summed E-state index contributed by atoms with van der Waals surface area (Å²) in [6, 6.07) is 14.8. The molecule has 1 N–H and O–H groups in total. The monoisotopic (exact) mass is 415 g/mol. The number of carbonyl (C=O) groups excluding carboxylic acids is 1. The number of aromatic nitrogens is 2. The number of amides is 1. The Morgan fingerprint density at radius 3 is 2.60 bits per heavy atom. The zero-order valence-corrected chi connectivity index (χ0v) is 15.7. The van der Waals surface area contributed by atoms with Crippen LogP contribution in [0.3, 0.4) is 0 Å². The molecule has 0 aliphatic rings. The van der Waals surface area contributed by atoms with Crippen molar-refractivity contribution in [3.63, 3.8) is 0 Å². The number of ether oxygens (including phenoxy) is 1. The van der Waals surface area contributed by atoms with Crippen LogP contribution < -0.4 is 10.1 Å². The Hall–Kier alpha value is -2.38. The second kappa shape index (κ2) is 8.13. The Kier molecular flexibility index (Phi) is 5.67. The summed E-state index contributed by atoms with van der Waals surface area (Å²) in [6.07, 6.45) is 3.22. The van der Waals surface area contributed by atoms with Crippen LogP contribution in [0, 0.1) is 0 Å².